The monoisotopic (exact) mass is 624 g/mol. The highest BCUT2D eigenvalue weighted by atomic mass is 79.9. The summed E-state index contributed by atoms with van der Waals surface area (Å²) in [6.07, 6.45) is 4.99. The van der Waals surface area contributed by atoms with Crippen molar-refractivity contribution in [2.24, 2.45) is 0 Å². The summed E-state index contributed by atoms with van der Waals surface area (Å²) in [4.78, 5) is 20.8. The lowest BCUT2D eigenvalue weighted by atomic mass is 9.82. The highest BCUT2D eigenvalue weighted by Gasteiger charge is 2.26. The Kier molecular flexibility index (Phi) is 7.05. The number of benzene rings is 4. The predicted molar refractivity (Wildman–Crippen MR) is 163 cm³/mol. The van der Waals surface area contributed by atoms with Gasteiger partial charge in [-0.2, -0.15) is 0 Å². The Bertz CT molecular complexity index is 1590. The summed E-state index contributed by atoms with van der Waals surface area (Å²) in [5.74, 6) is 0.155. The van der Waals surface area contributed by atoms with Gasteiger partial charge < -0.3 is 9.97 Å². The molecule has 6 aromatic rings. The normalized spacial score (nSPS) is 13.1. The van der Waals surface area contributed by atoms with Crippen LogP contribution in [0, 0.1) is 0 Å². The van der Waals surface area contributed by atoms with Crippen molar-refractivity contribution in [3.63, 3.8) is 0 Å². The van der Waals surface area contributed by atoms with Crippen LogP contribution in [0.2, 0.25) is 0 Å². The quantitative estimate of drug-likeness (QED) is 0.174. The maximum atomic E-state index is 14.0. The summed E-state index contributed by atoms with van der Waals surface area (Å²) in [6.45, 7) is 0. The lowest BCUT2D eigenvalue weighted by Gasteiger charge is -2.21. The first-order valence-electron chi connectivity index (χ1n) is 12.7. The smallest absolute Gasteiger partial charge is 0.134 e. The van der Waals surface area contributed by atoms with Gasteiger partial charge in [0.25, 0.3) is 0 Å². The van der Waals surface area contributed by atoms with Crippen LogP contribution in [0.5, 0.6) is 0 Å². The van der Waals surface area contributed by atoms with Gasteiger partial charge in [0.2, 0.25) is 0 Å². The number of H-pyrrole nitrogens is 2. The number of halogens is 2. The Morgan fingerprint density at radius 2 is 0.974 bits per heavy atom. The Hall–Kier alpha value is -3.41. The van der Waals surface area contributed by atoms with E-state index in [1.165, 1.54) is 0 Å². The third kappa shape index (κ3) is 5.01. The molecule has 0 aliphatic carbocycles. The van der Waals surface area contributed by atoms with Gasteiger partial charge in [0.1, 0.15) is 5.78 Å². The van der Waals surface area contributed by atoms with E-state index in [1.54, 1.807) is 0 Å². The van der Waals surface area contributed by atoms with Crippen LogP contribution in [-0.4, -0.2) is 15.8 Å². The molecule has 3 nitrogen and oxygen atoms in total. The highest BCUT2D eigenvalue weighted by molar-refractivity contribution is 9.10. The molecule has 0 bridgehead atoms. The van der Waals surface area contributed by atoms with Gasteiger partial charge in [0, 0.05) is 67.8 Å². The Labute approximate surface area is 238 Å². The first-order valence-corrected chi connectivity index (χ1v) is 14.3. The fraction of sp³-hybridized carbons (Fsp3) is 0.121. The van der Waals surface area contributed by atoms with Crippen molar-refractivity contribution in [2.75, 3.05) is 0 Å². The van der Waals surface area contributed by atoms with E-state index in [-0.39, 0.29) is 17.6 Å². The number of rotatable bonds is 8. The molecule has 0 amide bonds. The van der Waals surface area contributed by atoms with Crippen LogP contribution in [0.15, 0.2) is 118 Å². The first-order chi connectivity index (χ1) is 18.6. The van der Waals surface area contributed by atoms with E-state index in [2.05, 4.69) is 139 Å². The van der Waals surface area contributed by atoms with Crippen molar-refractivity contribution < 1.29 is 4.79 Å². The minimum atomic E-state index is -0.0414. The second-order valence-electron chi connectivity index (χ2n) is 9.73. The lowest BCUT2D eigenvalue weighted by molar-refractivity contribution is -0.119. The zero-order valence-corrected chi connectivity index (χ0v) is 23.8. The number of carbonyl (C=O) groups is 1. The van der Waals surface area contributed by atoms with E-state index in [0.29, 0.717) is 12.8 Å². The summed E-state index contributed by atoms with van der Waals surface area (Å²) < 4.78 is 2.06. The van der Waals surface area contributed by atoms with Crippen LogP contribution in [-0.2, 0) is 4.79 Å². The fourth-order valence-corrected chi connectivity index (χ4v) is 6.04. The molecule has 6 rings (SSSR count). The standard InChI is InChI=1S/C33H26Br2N2O/c34-23-13-9-21(10-14-23)28(30-19-36-32-7-3-1-5-26(30)32)17-25(38)18-29(22-11-15-24(35)16-12-22)31-20-37-33-8-4-2-6-27(31)33/h1-16,19-20,28-29,36-37H,17-18H2. The van der Waals surface area contributed by atoms with Crippen LogP contribution in [0.4, 0.5) is 0 Å². The van der Waals surface area contributed by atoms with Gasteiger partial charge in [-0.3, -0.25) is 4.79 Å². The molecule has 0 fully saturated rings. The van der Waals surface area contributed by atoms with E-state index in [4.69, 9.17) is 0 Å². The zero-order valence-electron chi connectivity index (χ0n) is 20.6. The molecule has 38 heavy (non-hydrogen) atoms. The van der Waals surface area contributed by atoms with Crippen molar-refractivity contribution in [1.82, 2.24) is 9.97 Å². The minimum absolute atomic E-state index is 0.0414. The minimum Gasteiger partial charge on any atom is -0.361 e. The molecule has 2 aromatic heterocycles. The Balaban J connectivity index is 1.37. The molecule has 0 saturated carbocycles. The molecule has 2 N–H and O–H groups in total. The number of nitrogens with one attached hydrogen (secondary N) is 2. The molecule has 2 heterocycles. The van der Waals surface area contributed by atoms with Crippen molar-refractivity contribution in [3.8, 4) is 0 Å². The molecular weight excluding hydrogens is 600 g/mol. The number of hydrogen-bond donors (Lipinski definition) is 2. The predicted octanol–water partition coefficient (Wildman–Crippen LogP) is 9.49. The lowest BCUT2D eigenvalue weighted by Crippen LogP contribution is -2.13. The van der Waals surface area contributed by atoms with E-state index in [1.807, 2.05) is 12.1 Å². The molecule has 0 spiro atoms. The molecule has 2 atom stereocenters. The third-order valence-electron chi connectivity index (χ3n) is 7.40. The van der Waals surface area contributed by atoms with Gasteiger partial charge in [-0.25, -0.2) is 0 Å². The number of aromatic amines is 2. The molecule has 4 aromatic carbocycles. The maximum Gasteiger partial charge on any atom is 0.134 e. The van der Waals surface area contributed by atoms with Crippen LogP contribution in [0.3, 0.4) is 0 Å². The number of aromatic nitrogens is 2. The SMILES string of the molecule is O=C(CC(c1ccc(Br)cc1)c1c[nH]c2ccccc12)CC(c1ccc(Br)cc1)c1c[nH]c2ccccc12. The van der Waals surface area contributed by atoms with E-state index in [9.17, 15) is 4.79 Å². The number of carbonyl (C=O) groups excluding carboxylic acids is 1. The molecule has 5 heteroatoms. The Morgan fingerprint density at radius 3 is 1.39 bits per heavy atom. The summed E-state index contributed by atoms with van der Waals surface area (Å²) in [5.41, 5.74) is 6.76. The number of para-hydroxylation sites is 2. The summed E-state index contributed by atoms with van der Waals surface area (Å²) in [7, 11) is 0. The summed E-state index contributed by atoms with van der Waals surface area (Å²) in [6, 6.07) is 33.3. The second kappa shape index (κ2) is 10.8. The second-order valence-corrected chi connectivity index (χ2v) is 11.6. The zero-order chi connectivity index (χ0) is 26.1. The van der Waals surface area contributed by atoms with Gasteiger partial charge in [-0.15, -0.1) is 0 Å². The van der Waals surface area contributed by atoms with Gasteiger partial charge in [-0.05, 0) is 58.7 Å². The number of ketones is 1. The average molecular weight is 626 g/mol. The van der Waals surface area contributed by atoms with Crippen molar-refractivity contribution in [2.45, 2.75) is 24.7 Å². The van der Waals surface area contributed by atoms with Crippen LogP contribution < -0.4 is 0 Å². The van der Waals surface area contributed by atoms with Gasteiger partial charge in [-0.1, -0.05) is 92.5 Å². The van der Waals surface area contributed by atoms with Gasteiger partial charge in [0.15, 0.2) is 0 Å². The number of Topliss-reactive ketones (excluding diaryl/α,β-unsaturated/α-hetero) is 1. The molecule has 188 valence electrons. The average Bonchev–Trinajstić information content (AvgIpc) is 3.56. The van der Waals surface area contributed by atoms with Gasteiger partial charge in [0.05, 0.1) is 0 Å². The molecule has 0 aliphatic heterocycles. The largest absolute Gasteiger partial charge is 0.361 e. The van der Waals surface area contributed by atoms with Crippen molar-refractivity contribution in [1.29, 1.82) is 0 Å². The van der Waals surface area contributed by atoms with E-state index < -0.39 is 0 Å². The van der Waals surface area contributed by atoms with Crippen LogP contribution >= 0.6 is 31.9 Å². The van der Waals surface area contributed by atoms with Crippen molar-refractivity contribution in [3.05, 3.63) is 141 Å². The van der Waals surface area contributed by atoms with E-state index in [0.717, 1.165) is 53.0 Å². The summed E-state index contributed by atoms with van der Waals surface area (Å²) >= 11 is 7.12. The molecule has 0 saturated heterocycles. The molecular formula is C33H26Br2N2O. The summed E-state index contributed by atoms with van der Waals surface area (Å²) in [5, 5.41) is 2.32. The maximum absolute atomic E-state index is 14.0. The third-order valence-corrected chi connectivity index (χ3v) is 8.46. The molecule has 0 aliphatic rings. The first kappa shape index (κ1) is 24.9. The number of fused-ring (bicyclic) bond motifs is 2. The van der Waals surface area contributed by atoms with Crippen LogP contribution in [0.1, 0.15) is 46.9 Å². The van der Waals surface area contributed by atoms with Crippen molar-refractivity contribution >= 4 is 59.4 Å². The molecule has 0 radical (unpaired) electrons. The fourth-order valence-electron chi connectivity index (χ4n) is 5.51. The number of hydrogen-bond acceptors (Lipinski definition) is 1. The van der Waals surface area contributed by atoms with Gasteiger partial charge >= 0.3 is 0 Å². The van der Waals surface area contributed by atoms with Crippen LogP contribution in [0.25, 0.3) is 21.8 Å². The molecule has 2 unspecified atom stereocenters. The topological polar surface area (TPSA) is 48.6 Å². The van der Waals surface area contributed by atoms with E-state index >= 15 is 0 Å². The highest BCUT2D eigenvalue weighted by Crippen LogP contribution is 2.38. The Morgan fingerprint density at radius 1 is 0.579 bits per heavy atom.